The van der Waals surface area contributed by atoms with Crippen LogP contribution in [0.3, 0.4) is 0 Å². The number of aromatic nitrogens is 1. The summed E-state index contributed by atoms with van der Waals surface area (Å²) < 4.78 is 1.14. The smallest absolute Gasteiger partial charge is 0.229 e. The molecular weight excluding hydrogens is 282 g/mol. The highest BCUT2D eigenvalue weighted by Gasteiger charge is 2.57. The minimum Gasteiger partial charge on any atom is -0.317 e. The van der Waals surface area contributed by atoms with Crippen molar-refractivity contribution in [1.29, 1.82) is 0 Å². The highest BCUT2D eigenvalue weighted by atomic mass is 32.1. The molecule has 1 saturated heterocycles. The molecule has 2 N–H and O–H groups in total. The van der Waals surface area contributed by atoms with E-state index in [9.17, 15) is 4.79 Å². The summed E-state index contributed by atoms with van der Waals surface area (Å²) in [5.74, 6) is 0.348. The van der Waals surface area contributed by atoms with Gasteiger partial charge in [-0.15, -0.1) is 0 Å². The molecule has 4 rings (SSSR count). The molecule has 1 amide bonds. The van der Waals surface area contributed by atoms with Gasteiger partial charge in [0, 0.05) is 5.92 Å². The number of piperidine rings is 1. The van der Waals surface area contributed by atoms with E-state index in [-0.39, 0.29) is 17.2 Å². The number of aryl methyl sites for hydroxylation is 1. The molecule has 1 aromatic carbocycles. The number of rotatable bonds is 2. The molecule has 1 atom stereocenters. The molecule has 0 bridgehead atoms. The molecule has 4 nitrogen and oxygen atoms in total. The number of thiazole rings is 1. The first-order valence-electron chi connectivity index (χ1n) is 7.56. The van der Waals surface area contributed by atoms with Gasteiger partial charge in [0.25, 0.3) is 0 Å². The summed E-state index contributed by atoms with van der Waals surface area (Å²) in [6, 6.07) is 6.14. The van der Waals surface area contributed by atoms with E-state index in [4.69, 9.17) is 0 Å². The lowest BCUT2D eigenvalue weighted by Crippen LogP contribution is -2.31. The highest BCUT2D eigenvalue weighted by molar-refractivity contribution is 7.22. The van der Waals surface area contributed by atoms with Crippen LogP contribution in [0.4, 0.5) is 5.13 Å². The van der Waals surface area contributed by atoms with E-state index in [1.165, 1.54) is 0 Å². The second-order valence-electron chi connectivity index (χ2n) is 6.30. The third-order valence-electron chi connectivity index (χ3n) is 4.96. The largest absolute Gasteiger partial charge is 0.317 e. The van der Waals surface area contributed by atoms with Crippen LogP contribution >= 0.6 is 11.3 Å². The molecule has 110 valence electrons. The maximum atomic E-state index is 12.4. The number of hydrogen-bond donors (Lipinski definition) is 2. The van der Waals surface area contributed by atoms with Gasteiger partial charge in [-0.1, -0.05) is 23.5 Å². The number of amides is 1. The molecule has 2 heterocycles. The van der Waals surface area contributed by atoms with E-state index in [2.05, 4.69) is 34.7 Å². The minimum atomic E-state index is 0.161. The number of para-hydroxylation sites is 1. The minimum absolute atomic E-state index is 0.161. The summed E-state index contributed by atoms with van der Waals surface area (Å²) in [6.07, 6.45) is 3.30. The normalized spacial score (nSPS) is 23.4. The van der Waals surface area contributed by atoms with Crippen LogP contribution in [0.2, 0.25) is 0 Å². The van der Waals surface area contributed by atoms with Crippen molar-refractivity contribution in [1.82, 2.24) is 10.3 Å². The van der Waals surface area contributed by atoms with Crippen molar-refractivity contribution < 1.29 is 4.79 Å². The van der Waals surface area contributed by atoms with E-state index in [1.807, 2.05) is 6.07 Å². The average molecular weight is 301 g/mol. The van der Waals surface area contributed by atoms with Crippen LogP contribution in [0.5, 0.6) is 0 Å². The molecule has 21 heavy (non-hydrogen) atoms. The van der Waals surface area contributed by atoms with Crippen LogP contribution in [0.25, 0.3) is 10.2 Å². The first-order valence-corrected chi connectivity index (χ1v) is 8.37. The van der Waals surface area contributed by atoms with Crippen molar-refractivity contribution in [2.75, 3.05) is 18.4 Å². The molecule has 1 unspecified atom stereocenters. The van der Waals surface area contributed by atoms with E-state index < -0.39 is 0 Å². The first kappa shape index (κ1) is 13.2. The van der Waals surface area contributed by atoms with Gasteiger partial charge in [0.1, 0.15) is 0 Å². The molecule has 2 aliphatic rings. The zero-order valence-electron chi connectivity index (χ0n) is 12.1. The second kappa shape index (κ2) is 4.78. The average Bonchev–Trinajstić information content (AvgIpc) is 2.99. The molecule has 0 radical (unpaired) electrons. The number of anilines is 1. The lowest BCUT2D eigenvalue weighted by atomic mass is 9.92. The Kier molecular flexibility index (Phi) is 3.01. The summed E-state index contributed by atoms with van der Waals surface area (Å²) in [7, 11) is 0. The Morgan fingerprint density at radius 3 is 3.00 bits per heavy atom. The van der Waals surface area contributed by atoms with E-state index >= 15 is 0 Å². The third-order valence-corrected chi connectivity index (χ3v) is 5.89. The molecule has 1 saturated carbocycles. The van der Waals surface area contributed by atoms with Gasteiger partial charge in [-0.05, 0) is 56.3 Å². The third kappa shape index (κ3) is 2.24. The van der Waals surface area contributed by atoms with Gasteiger partial charge >= 0.3 is 0 Å². The van der Waals surface area contributed by atoms with Crippen LogP contribution in [-0.4, -0.2) is 24.0 Å². The summed E-state index contributed by atoms with van der Waals surface area (Å²) in [4.78, 5) is 17.0. The van der Waals surface area contributed by atoms with Crippen LogP contribution in [0, 0.1) is 18.3 Å². The fraction of sp³-hybridized carbons (Fsp3) is 0.500. The molecular formula is C16H19N3OS. The molecule has 2 aromatic rings. The fourth-order valence-electron chi connectivity index (χ4n) is 3.53. The lowest BCUT2D eigenvalue weighted by Gasteiger charge is -2.22. The van der Waals surface area contributed by atoms with Crippen molar-refractivity contribution in [2.45, 2.75) is 26.2 Å². The molecule has 1 aromatic heterocycles. The SMILES string of the molecule is Cc1cccc2sc(NC(=O)C3CC34CCNCC4)nc12. The second-order valence-corrected chi connectivity index (χ2v) is 7.33. The van der Waals surface area contributed by atoms with Crippen LogP contribution in [0.1, 0.15) is 24.8 Å². The maximum absolute atomic E-state index is 12.4. The predicted octanol–water partition coefficient (Wildman–Crippen LogP) is 2.93. The number of benzene rings is 1. The summed E-state index contributed by atoms with van der Waals surface area (Å²) in [6.45, 7) is 4.15. The van der Waals surface area contributed by atoms with Crippen molar-refractivity contribution >= 4 is 32.6 Å². The van der Waals surface area contributed by atoms with Crippen molar-refractivity contribution in [3.63, 3.8) is 0 Å². The summed E-state index contributed by atoms with van der Waals surface area (Å²) in [5, 5.41) is 7.15. The van der Waals surface area contributed by atoms with Gasteiger partial charge in [-0.25, -0.2) is 4.98 Å². The Morgan fingerprint density at radius 2 is 2.24 bits per heavy atom. The Bertz CT molecular complexity index is 703. The van der Waals surface area contributed by atoms with Gasteiger partial charge in [-0.2, -0.15) is 0 Å². The highest BCUT2D eigenvalue weighted by Crippen LogP contribution is 2.58. The number of fused-ring (bicyclic) bond motifs is 1. The Labute approximate surface area is 128 Å². The number of nitrogens with zero attached hydrogens (tertiary/aromatic N) is 1. The number of carbonyl (C=O) groups is 1. The van der Waals surface area contributed by atoms with Crippen LogP contribution < -0.4 is 10.6 Å². The van der Waals surface area contributed by atoms with E-state index in [0.29, 0.717) is 0 Å². The van der Waals surface area contributed by atoms with Gasteiger partial charge in [0.2, 0.25) is 5.91 Å². The van der Waals surface area contributed by atoms with E-state index in [0.717, 1.165) is 53.3 Å². The Balaban J connectivity index is 1.50. The van der Waals surface area contributed by atoms with Gasteiger partial charge in [0.15, 0.2) is 5.13 Å². The monoisotopic (exact) mass is 301 g/mol. The van der Waals surface area contributed by atoms with E-state index in [1.54, 1.807) is 11.3 Å². The topological polar surface area (TPSA) is 54.0 Å². The van der Waals surface area contributed by atoms with Crippen LogP contribution in [0.15, 0.2) is 18.2 Å². The quantitative estimate of drug-likeness (QED) is 0.896. The molecule has 5 heteroatoms. The zero-order valence-corrected chi connectivity index (χ0v) is 12.9. The van der Waals surface area contributed by atoms with Crippen LogP contribution in [-0.2, 0) is 4.79 Å². The molecule has 1 aliphatic heterocycles. The molecule has 2 fully saturated rings. The first-order chi connectivity index (χ1) is 10.2. The Hall–Kier alpha value is -1.46. The number of carbonyl (C=O) groups excluding carboxylic acids is 1. The predicted molar refractivity (Wildman–Crippen MR) is 85.6 cm³/mol. The van der Waals surface area contributed by atoms with Crippen molar-refractivity contribution in [3.8, 4) is 0 Å². The molecule has 1 aliphatic carbocycles. The van der Waals surface area contributed by atoms with Crippen molar-refractivity contribution in [3.05, 3.63) is 23.8 Å². The standard InChI is InChI=1S/C16H19N3OS/c1-10-3-2-4-12-13(10)18-15(21-12)19-14(20)11-9-16(11)5-7-17-8-6-16/h2-4,11,17H,5-9H2,1H3,(H,18,19,20). The fourth-order valence-corrected chi connectivity index (χ4v) is 4.47. The maximum Gasteiger partial charge on any atom is 0.229 e. The summed E-state index contributed by atoms with van der Waals surface area (Å²) >= 11 is 1.56. The number of nitrogens with one attached hydrogen (secondary N) is 2. The van der Waals surface area contributed by atoms with Gasteiger partial charge in [-0.3, -0.25) is 4.79 Å². The molecule has 1 spiro atoms. The Morgan fingerprint density at radius 1 is 1.43 bits per heavy atom. The number of hydrogen-bond acceptors (Lipinski definition) is 4. The van der Waals surface area contributed by atoms with Gasteiger partial charge in [0.05, 0.1) is 10.2 Å². The van der Waals surface area contributed by atoms with Crippen molar-refractivity contribution in [2.24, 2.45) is 11.3 Å². The zero-order chi connectivity index (χ0) is 14.4. The summed E-state index contributed by atoms with van der Waals surface area (Å²) in [5.41, 5.74) is 2.44. The van der Waals surface area contributed by atoms with Gasteiger partial charge < -0.3 is 10.6 Å². The lowest BCUT2D eigenvalue weighted by molar-refractivity contribution is -0.118.